The van der Waals surface area contributed by atoms with Crippen LogP contribution in [0.25, 0.3) is 0 Å². The van der Waals surface area contributed by atoms with E-state index in [-0.39, 0.29) is 24.7 Å². The molecule has 0 spiro atoms. The largest absolute Gasteiger partial charge is 0.391 e. The van der Waals surface area contributed by atoms with Crippen LogP contribution in [0.15, 0.2) is 0 Å². The van der Waals surface area contributed by atoms with Crippen LogP contribution in [0.2, 0.25) is 0 Å². The zero-order valence-corrected chi connectivity index (χ0v) is 7.25. The second-order valence-corrected chi connectivity index (χ2v) is 3.11. The van der Waals surface area contributed by atoms with Gasteiger partial charge in [-0.15, -0.1) is 0 Å². The molecular formula is C8H15NO3. The SMILES string of the molecule is COCC(=O)NC1CCCC1O. The van der Waals surface area contributed by atoms with Gasteiger partial charge in [0.1, 0.15) is 6.61 Å². The first-order chi connectivity index (χ1) is 5.74. The Balaban J connectivity index is 2.25. The van der Waals surface area contributed by atoms with Crippen molar-refractivity contribution in [3.63, 3.8) is 0 Å². The van der Waals surface area contributed by atoms with Crippen LogP contribution in [0.1, 0.15) is 19.3 Å². The first-order valence-electron chi connectivity index (χ1n) is 4.20. The molecule has 2 N–H and O–H groups in total. The van der Waals surface area contributed by atoms with E-state index in [0.717, 1.165) is 19.3 Å². The molecule has 12 heavy (non-hydrogen) atoms. The Morgan fingerprint density at radius 2 is 2.42 bits per heavy atom. The van der Waals surface area contributed by atoms with E-state index in [2.05, 4.69) is 10.1 Å². The predicted octanol–water partition coefficient (Wildman–Crippen LogP) is -0.338. The van der Waals surface area contributed by atoms with Gasteiger partial charge in [-0.1, -0.05) is 0 Å². The number of carbonyl (C=O) groups excluding carboxylic acids is 1. The molecule has 1 saturated carbocycles. The first kappa shape index (κ1) is 9.48. The summed E-state index contributed by atoms with van der Waals surface area (Å²) in [5.74, 6) is -0.150. The van der Waals surface area contributed by atoms with Crippen molar-refractivity contribution in [2.24, 2.45) is 0 Å². The zero-order chi connectivity index (χ0) is 8.97. The summed E-state index contributed by atoms with van der Waals surface area (Å²) in [5, 5.41) is 12.1. The number of methoxy groups -OCH3 is 1. The van der Waals surface area contributed by atoms with Gasteiger partial charge in [-0.2, -0.15) is 0 Å². The highest BCUT2D eigenvalue weighted by molar-refractivity contribution is 5.77. The standard InChI is InChI=1S/C8H15NO3/c1-12-5-8(11)9-6-3-2-4-7(6)10/h6-7,10H,2-5H2,1H3,(H,9,11). The predicted molar refractivity (Wildman–Crippen MR) is 43.7 cm³/mol. The third-order valence-electron chi connectivity index (χ3n) is 2.10. The molecule has 1 amide bonds. The fourth-order valence-electron chi connectivity index (χ4n) is 1.49. The number of rotatable bonds is 3. The second kappa shape index (κ2) is 4.42. The Morgan fingerprint density at radius 1 is 1.67 bits per heavy atom. The Kier molecular flexibility index (Phi) is 3.49. The van der Waals surface area contributed by atoms with Crippen molar-refractivity contribution in [1.82, 2.24) is 5.32 Å². The summed E-state index contributed by atoms with van der Waals surface area (Å²) in [6.45, 7) is 0.0726. The third kappa shape index (κ3) is 2.46. The normalized spacial score (nSPS) is 28.8. The summed E-state index contributed by atoms with van der Waals surface area (Å²) in [6, 6.07) is -0.0624. The van der Waals surface area contributed by atoms with Crippen LogP contribution in [0, 0.1) is 0 Å². The maximum Gasteiger partial charge on any atom is 0.246 e. The van der Waals surface area contributed by atoms with Crippen LogP contribution >= 0.6 is 0 Å². The van der Waals surface area contributed by atoms with Gasteiger partial charge in [0.05, 0.1) is 12.1 Å². The Hall–Kier alpha value is -0.610. The fraction of sp³-hybridized carbons (Fsp3) is 0.875. The van der Waals surface area contributed by atoms with Gasteiger partial charge in [0.2, 0.25) is 5.91 Å². The van der Waals surface area contributed by atoms with Crippen LogP contribution in [-0.2, 0) is 9.53 Å². The summed E-state index contributed by atoms with van der Waals surface area (Å²) in [6.07, 6.45) is 2.28. The van der Waals surface area contributed by atoms with Crippen molar-refractivity contribution in [3.05, 3.63) is 0 Å². The van der Waals surface area contributed by atoms with Crippen molar-refractivity contribution < 1.29 is 14.6 Å². The molecule has 0 radical (unpaired) electrons. The smallest absolute Gasteiger partial charge is 0.246 e. The first-order valence-corrected chi connectivity index (χ1v) is 4.20. The van der Waals surface area contributed by atoms with Crippen LogP contribution in [0.5, 0.6) is 0 Å². The zero-order valence-electron chi connectivity index (χ0n) is 7.25. The van der Waals surface area contributed by atoms with Crippen molar-refractivity contribution in [2.75, 3.05) is 13.7 Å². The van der Waals surface area contributed by atoms with Gasteiger partial charge in [-0.05, 0) is 19.3 Å². The highest BCUT2D eigenvalue weighted by Crippen LogP contribution is 2.18. The Morgan fingerprint density at radius 3 is 2.92 bits per heavy atom. The van der Waals surface area contributed by atoms with Crippen LogP contribution in [0.3, 0.4) is 0 Å². The molecule has 2 atom stereocenters. The lowest BCUT2D eigenvalue weighted by Crippen LogP contribution is -2.41. The average Bonchev–Trinajstić information content (AvgIpc) is 2.37. The fourth-order valence-corrected chi connectivity index (χ4v) is 1.49. The highest BCUT2D eigenvalue weighted by atomic mass is 16.5. The molecule has 4 nitrogen and oxygen atoms in total. The monoisotopic (exact) mass is 173 g/mol. The third-order valence-corrected chi connectivity index (χ3v) is 2.10. The lowest BCUT2D eigenvalue weighted by atomic mass is 10.2. The van der Waals surface area contributed by atoms with Gasteiger partial charge in [0, 0.05) is 7.11 Å². The van der Waals surface area contributed by atoms with E-state index in [1.807, 2.05) is 0 Å². The van der Waals surface area contributed by atoms with Crippen LogP contribution in [-0.4, -0.2) is 36.9 Å². The minimum atomic E-state index is -0.370. The minimum Gasteiger partial charge on any atom is -0.391 e. The molecule has 0 aromatic carbocycles. The maximum atomic E-state index is 11.0. The van der Waals surface area contributed by atoms with Gasteiger partial charge in [-0.3, -0.25) is 4.79 Å². The molecule has 0 aliphatic heterocycles. The average molecular weight is 173 g/mol. The molecule has 1 rings (SSSR count). The number of nitrogens with one attached hydrogen (secondary N) is 1. The number of carbonyl (C=O) groups is 1. The summed E-state index contributed by atoms with van der Waals surface area (Å²) in [4.78, 5) is 11.0. The Bertz CT molecular complexity index is 160. The van der Waals surface area contributed by atoms with Crippen molar-refractivity contribution in [1.29, 1.82) is 0 Å². The molecule has 0 heterocycles. The highest BCUT2D eigenvalue weighted by Gasteiger charge is 2.26. The minimum absolute atomic E-state index is 0.0624. The van der Waals surface area contributed by atoms with E-state index < -0.39 is 0 Å². The molecule has 1 fully saturated rings. The number of ether oxygens (including phenoxy) is 1. The van der Waals surface area contributed by atoms with Crippen LogP contribution in [0.4, 0.5) is 0 Å². The van der Waals surface area contributed by atoms with Gasteiger partial charge in [0.25, 0.3) is 0 Å². The molecule has 4 heteroatoms. The van der Waals surface area contributed by atoms with E-state index in [4.69, 9.17) is 0 Å². The second-order valence-electron chi connectivity index (χ2n) is 3.11. The van der Waals surface area contributed by atoms with Crippen molar-refractivity contribution >= 4 is 5.91 Å². The van der Waals surface area contributed by atoms with E-state index >= 15 is 0 Å². The number of aliphatic hydroxyl groups excluding tert-OH is 1. The quantitative estimate of drug-likeness (QED) is 0.614. The number of aliphatic hydroxyl groups is 1. The topological polar surface area (TPSA) is 58.6 Å². The molecule has 0 aromatic heterocycles. The summed E-state index contributed by atoms with van der Waals surface area (Å²) in [5.41, 5.74) is 0. The van der Waals surface area contributed by atoms with E-state index in [1.54, 1.807) is 0 Å². The van der Waals surface area contributed by atoms with Gasteiger partial charge in [0.15, 0.2) is 0 Å². The van der Waals surface area contributed by atoms with Crippen LogP contribution < -0.4 is 5.32 Å². The number of amides is 1. The summed E-state index contributed by atoms with van der Waals surface area (Å²) >= 11 is 0. The maximum absolute atomic E-state index is 11.0. The van der Waals surface area contributed by atoms with Gasteiger partial charge in [-0.25, -0.2) is 0 Å². The molecular weight excluding hydrogens is 158 g/mol. The van der Waals surface area contributed by atoms with E-state index in [9.17, 15) is 9.90 Å². The summed E-state index contributed by atoms with van der Waals surface area (Å²) < 4.78 is 4.66. The van der Waals surface area contributed by atoms with Gasteiger partial charge < -0.3 is 15.2 Å². The molecule has 0 saturated heterocycles. The van der Waals surface area contributed by atoms with Gasteiger partial charge >= 0.3 is 0 Å². The molecule has 1 aliphatic rings. The number of hydrogen-bond acceptors (Lipinski definition) is 3. The van der Waals surface area contributed by atoms with Crippen molar-refractivity contribution in [2.45, 2.75) is 31.4 Å². The summed E-state index contributed by atoms with van der Waals surface area (Å²) in [7, 11) is 1.48. The molecule has 70 valence electrons. The molecule has 0 bridgehead atoms. The molecule has 0 aromatic rings. The van der Waals surface area contributed by atoms with E-state index in [0.29, 0.717) is 0 Å². The lowest BCUT2D eigenvalue weighted by Gasteiger charge is -2.15. The number of hydrogen-bond donors (Lipinski definition) is 2. The Labute approximate surface area is 71.9 Å². The molecule has 1 aliphatic carbocycles. The van der Waals surface area contributed by atoms with Crippen molar-refractivity contribution in [3.8, 4) is 0 Å². The lowest BCUT2D eigenvalue weighted by molar-refractivity contribution is -0.126. The van der Waals surface area contributed by atoms with E-state index in [1.165, 1.54) is 7.11 Å². The molecule has 2 unspecified atom stereocenters.